The molecule has 0 radical (unpaired) electrons. The molecular weight excluding hydrogens is 495 g/mol. The van der Waals surface area contributed by atoms with Crippen molar-refractivity contribution in [3.05, 3.63) is 23.3 Å². The summed E-state index contributed by atoms with van der Waals surface area (Å²) in [5.74, 6) is 3.03. The van der Waals surface area contributed by atoms with Crippen LogP contribution >= 0.6 is 35.7 Å². The van der Waals surface area contributed by atoms with Crippen LogP contribution in [0.2, 0.25) is 0 Å². The van der Waals surface area contributed by atoms with E-state index in [1.165, 1.54) is 44.1 Å². The molecule has 0 bridgehead atoms. The molecule has 3 aliphatic rings. The van der Waals surface area contributed by atoms with E-state index in [2.05, 4.69) is 31.3 Å². The van der Waals surface area contributed by atoms with Crippen molar-refractivity contribution in [2.75, 3.05) is 12.3 Å². The van der Waals surface area contributed by atoms with Gasteiger partial charge in [0.1, 0.15) is 3.53 Å². The Morgan fingerprint density at radius 3 is 2.69 bits per heavy atom. The normalized spacial score (nSPS) is 32.8. The molecule has 0 aliphatic heterocycles. The Labute approximate surface area is 226 Å². The zero-order chi connectivity index (χ0) is 25.4. The number of aliphatic hydroxyl groups excluding tert-OH is 2. The summed E-state index contributed by atoms with van der Waals surface area (Å²) in [6, 6.07) is 0. The lowest BCUT2D eigenvalue weighted by Gasteiger charge is -2.44. The molecule has 0 spiro atoms. The van der Waals surface area contributed by atoms with E-state index in [0.29, 0.717) is 40.0 Å². The minimum Gasteiger partial charge on any atom is -0.393 e. The highest BCUT2D eigenvalue weighted by Gasteiger charge is 2.50. The number of hydrogen-bond acceptors (Lipinski definition) is 6. The van der Waals surface area contributed by atoms with E-state index < -0.39 is 12.2 Å². The van der Waals surface area contributed by atoms with Gasteiger partial charge in [0.2, 0.25) is 0 Å². The summed E-state index contributed by atoms with van der Waals surface area (Å²) < 4.78 is 0.702. The van der Waals surface area contributed by atoms with Gasteiger partial charge in [-0.25, -0.2) is 0 Å². The highest BCUT2D eigenvalue weighted by atomic mass is 32.2. The molecule has 0 aromatic carbocycles. The molecule has 3 N–H and O–H groups in total. The number of fused-ring (bicyclic) bond motifs is 1. The number of aliphatic hydroxyl groups is 2. The number of unbranched alkanes of at least 4 members (excludes halogenated alkanes) is 1. The van der Waals surface area contributed by atoms with Crippen molar-refractivity contribution >= 4 is 44.5 Å². The number of thioether (sulfide) groups is 2. The van der Waals surface area contributed by atoms with Crippen molar-refractivity contribution in [2.45, 2.75) is 104 Å². The lowest BCUT2D eigenvalue weighted by atomic mass is 9.60. The molecule has 35 heavy (non-hydrogen) atoms. The first-order valence-corrected chi connectivity index (χ1v) is 15.8. The van der Waals surface area contributed by atoms with Crippen LogP contribution < -0.4 is 5.32 Å². The van der Waals surface area contributed by atoms with Crippen LogP contribution in [-0.2, 0) is 0 Å². The van der Waals surface area contributed by atoms with Crippen LogP contribution in [0.3, 0.4) is 0 Å². The second-order valence-electron chi connectivity index (χ2n) is 11.1. The third-order valence-corrected chi connectivity index (χ3v) is 10.8. The Hall–Kier alpha value is -0.340. The number of carbonyl (C=O) groups excluding carboxylic acids is 1. The number of thiocarbonyl (C=S) groups is 1. The van der Waals surface area contributed by atoms with E-state index in [1.54, 1.807) is 17.3 Å². The molecule has 198 valence electrons. The zero-order valence-electron chi connectivity index (χ0n) is 21.8. The van der Waals surface area contributed by atoms with E-state index in [9.17, 15) is 15.0 Å². The van der Waals surface area contributed by atoms with Gasteiger partial charge in [-0.2, -0.15) is 0 Å². The lowest BCUT2D eigenvalue weighted by molar-refractivity contribution is 0.0609. The number of nitrogens with one attached hydrogen (secondary N) is 1. The number of amides is 1. The minimum absolute atomic E-state index is 0.0242. The van der Waals surface area contributed by atoms with Gasteiger partial charge in [-0.05, 0) is 98.5 Å². The maximum absolute atomic E-state index is 12.0. The first kappa shape index (κ1) is 29.2. The first-order valence-electron chi connectivity index (χ1n) is 13.6. The van der Waals surface area contributed by atoms with Gasteiger partial charge >= 0.3 is 0 Å². The van der Waals surface area contributed by atoms with Crippen LogP contribution in [0, 0.1) is 23.2 Å². The average molecular weight is 540 g/mol. The van der Waals surface area contributed by atoms with Crippen LogP contribution in [0.4, 0.5) is 4.79 Å². The van der Waals surface area contributed by atoms with Crippen LogP contribution in [0.5, 0.6) is 0 Å². The van der Waals surface area contributed by atoms with Crippen molar-refractivity contribution < 1.29 is 15.0 Å². The molecule has 6 atom stereocenters. The molecule has 7 heteroatoms. The Balaban J connectivity index is 1.47. The summed E-state index contributed by atoms with van der Waals surface area (Å²) in [6.07, 6.45) is 15.4. The first-order chi connectivity index (χ1) is 16.7. The third kappa shape index (κ3) is 8.33. The highest BCUT2D eigenvalue weighted by Crippen LogP contribution is 2.59. The van der Waals surface area contributed by atoms with E-state index in [-0.39, 0.29) is 5.24 Å². The molecule has 0 aromatic rings. The molecule has 3 aliphatic carbocycles. The summed E-state index contributed by atoms with van der Waals surface area (Å²) >= 11 is 7.88. The van der Waals surface area contributed by atoms with Crippen molar-refractivity contribution in [3.63, 3.8) is 0 Å². The quantitative estimate of drug-likeness (QED) is 0.223. The summed E-state index contributed by atoms with van der Waals surface area (Å²) in [6.45, 7) is 7.75. The van der Waals surface area contributed by atoms with Gasteiger partial charge in [0, 0.05) is 6.54 Å². The van der Waals surface area contributed by atoms with Crippen molar-refractivity contribution in [3.8, 4) is 0 Å². The highest BCUT2D eigenvalue weighted by molar-refractivity contribution is 8.52. The Morgan fingerprint density at radius 1 is 1.23 bits per heavy atom. The smallest absolute Gasteiger partial charge is 0.285 e. The Bertz CT molecular complexity index is 786. The van der Waals surface area contributed by atoms with Crippen LogP contribution in [0.1, 0.15) is 91.4 Å². The summed E-state index contributed by atoms with van der Waals surface area (Å²) in [4.78, 5) is 12.0. The SMILES string of the molecule is CCSC(=S)SC(=O)NCCCC[C@@H](C)[C@H]1CC[C@H]2/C(=C/C=C3C[C@@H](O)C[C@H](O)C3)CCC[C@]12C. The van der Waals surface area contributed by atoms with Gasteiger partial charge < -0.3 is 15.5 Å². The number of allylic oxidation sites excluding steroid dienone is 3. The Morgan fingerprint density at radius 2 is 1.97 bits per heavy atom. The van der Waals surface area contributed by atoms with E-state index >= 15 is 0 Å². The average Bonchev–Trinajstić information content (AvgIpc) is 3.14. The molecule has 3 saturated carbocycles. The molecule has 0 saturated heterocycles. The summed E-state index contributed by atoms with van der Waals surface area (Å²) in [7, 11) is 0. The Kier molecular flexibility index (Phi) is 11.7. The molecule has 0 heterocycles. The van der Waals surface area contributed by atoms with E-state index in [0.717, 1.165) is 42.8 Å². The van der Waals surface area contributed by atoms with Crippen molar-refractivity contribution in [1.82, 2.24) is 5.32 Å². The molecule has 0 aromatic heterocycles. The van der Waals surface area contributed by atoms with E-state index in [4.69, 9.17) is 12.2 Å². The summed E-state index contributed by atoms with van der Waals surface area (Å²) in [5, 5.41) is 23.0. The second-order valence-corrected chi connectivity index (χ2v) is 14.5. The maximum Gasteiger partial charge on any atom is 0.285 e. The topological polar surface area (TPSA) is 69.6 Å². The zero-order valence-corrected chi connectivity index (χ0v) is 24.2. The maximum atomic E-state index is 12.0. The minimum atomic E-state index is -0.402. The fourth-order valence-electron chi connectivity index (χ4n) is 6.99. The third-order valence-electron chi connectivity index (χ3n) is 8.59. The van der Waals surface area contributed by atoms with E-state index in [1.807, 2.05) is 6.92 Å². The van der Waals surface area contributed by atoms with Crippen molar-refractivity contribution in [2.24, 2.45) is 23.2 Å². The predicted octanol–water partition coefficient (Wildman–Crippen LogP) is 7.25. The number of hydrogen-bond donors (Lipinski definition) is 3. The predicted molar refractivity (Wildman–Crippen MR) is 155 cm³/mol. The molecule has 1 amide bonds. The van der Waals surface area contributed by atoms with Gasteiger partial charge in [-0.15, -0.1) is 11.8 Å². The summed E-state index contributed by atoms with van der Waals surface area (Å²) in [5.41, 5.74) is 3.16. The van der Waals surface area contributed by atoms with Gasteiger partial charge in [0.15, 0.2) is 0 Å². The van der Waals surface area contributed by atoms with Crippen molar-refractivity contribution in [1.29, 1.82) is 0 Å². The monoisotopic (exact) mass is 539 g/mol. The lowest BCUT2D eigenvalue weighted by Crippen LogP contribution is -2.36. The molecular formula is C28H45NO3S3. The number of rotatable bonds is 8. The molecule has 4 nitrogen and oxygen atoms in total. The van der Waals surface area contributed by atoms with Crippen LogP contribution in [-0.4, -0.2) is 43.5 Å². The molecule has 3 fully saturated rings. The van der Waals surface area contributed by atoms with Gasteiger partial charge in [-0.3, -0.25) is 4.79 Å². The second kappa shape index (κ2) is 14.0. The molecule has 0 unspecified atom stereocenters. The molecule has 3 rings (SSSR count). The standard InChI is InChI=1S/C28H45NO3S3/c1-4-34-27(33)35-26(32)29-15-6-5-8-19(2)24-12-13-25-21(9-7-14-28(24,25)3)11-10-20-16-22(30)18-23(31)17-20/h10-11,19,22-25,30-31H,4-9,12-18H2,1-3H3,(H,29,32)/b21-11+/t19-,22-,23-,24-,25+,28-/m1/s1. The largest absolute Gasteiger partial charge is 0.393 e. The van der Waals surface area contributed by atoms with Gasteiger partial charge in [0.05, 0.1) is 12.2 Å². The fraction of sp³-hybridized carbons (Fsp3) is 0.786. The van der Waals surface area contributed by atoms with Crippen LogP contribution in [0.15, 0.2) is 23.3 Å². The van der Waals surface area contributed by atoms with Crippen LogP contribution in [0.25, 0.3) is 0 Å². The van der Waals surface area contributed by atoms with Gasteiger partial charge in [0.25, 0.3) is 5.24 Å². The number of carbonyl (C=O) groups is 1. The van der Waals surface area contributed by atoms with Gasteiger partial charge in [-0.1, -0.05) is 69.1 Å². The fourth-order valence-corrected chi connectivity index (χ4v) is 8.94.